The second-order valence-corrected chi connectivity index (χ2v) is 8.91. The number of fused-ring (bicyclic) bond motifs is 1. The molecule has 0 aromatic carbocycles. The Balaban J connectivity index is 1.74. The van der Waals surface area contributed by atoms with Crippen LogP contribution in [0.15, 0.2) is 23.8 Å². The largest absolute Gasteiger partial charge is 0.462 e. The monoisotopic (exact) mass is 406 g/mol. The molecule has 0 radical (unpaired) electrons. The zero-order valence-electron chi connectivity index (χ0n) is 17.6. The van der Waals surface area contributed by atoms with Gasteiger partial charge in [-0.1, -0.05) is 39.0 Å². The number of hydrogen-bond acceptors (Lipinski definition) is 6. The fraction of sp³-hybridized carbons (Fsp3) is 0.739. The van der Waals surface area contributed by atoms with Crippen molar-refractivity contribution in [1.29, 1.82) is 0 Å². The van der Waals surface area contributed by atoms with Gasteiger partial charge in [0, 0.05) is 18.8 Å². The van der Waals surface area contributed by atoms with Gasteiger partial charge in [0.15, 0.2) is 0 Å². The molecule has 0 saturated carbocycles. The normalized spacial score (nSPS) is 37.9. The summed E-state index contributed by atoms with van der Waals surface area (Å²) in [6.45, 7) is 5.88. The summed E-state index contributed by atoms with van der Waals surface area (Å²) in [5.74, 6) is -0.537. The van der Waals surface area contributed by atoms with Gasteiger partial charge in [-0.25, -0.2) is 0 Å². The minimum atomic E-state index is -0.645. The predicted molar refractivity (Wildman–Crippen MR) is 108 cm³/mol. The van der Waals surface area contributed by atoms with Crippen molar-refractivity contribution in [3.05, 3.63) is 23.8 Å². The molecule has 29 heavy (non-hydrogen) atoms. The molecule has 0 aromatic heterocycles. The highest BCUT2D eigenvalue weighted by Gasteiger charge is 2.43. The molecule has 1 heterocycles. The van der Waals surface area contributed by atoms with Gasteiger partial charge >= 0.3 is 11.9 Å². The van der Waals surface area contributed by atoms with Gasteiger partial charge in [-0.3, -0.25) is 9.59 Å². The van der Waals surface area contributed by atoms with E-state index in [9.17, 15) is 19.8 Å². The van der Waals surface area contributed by atoms with Crippen LogP contribution in [-0.4, -0.2) is 46.6 Å². The number of cyclic esters (lactones) is 1. The molecule has 2 N–H and O–H groups in total. The van der Waals surface area contributed by atoms with Gasteiger partial charge in [0.1, 0.15) is 12.2 Å². The maximum Gasteiger partial charge on any atom is 0.308 e. The molecular formula is C23H34O6. The zero-order valence-corrected chi connectivity index (χ0v) is 17.6. The molecule has 1 aliphatic heterocycles. The van der Waals surface area contributed by atoms with Gasteiger partial charge in [-0.15, -0.1) is 0 Å². The fourth-order valence-corrected chi connectivity index (χ4v) is 4.84. The lowest BCUT2D eigenvalue weighted by atomic mass is 9.65. The summed E-state index contributed by atoms with van der Waals surface area (Å²) >= 11 is 0. The average Bonchev–Trinajstić information content (AvgIpc) is 2.67. The first-order valence-electron chi connectivity index (χ1n) is 10.9. The number of allylic oxidation sites excluding steroid dienone is 1. The van der Waals surface area contributed by atoms with Crippen molar-refractivity contribution in [3.8, 4) is 0 Å². The van der Waals surface area contributed by atoms with Gasteiger partial charge in [-0.05, 0) is 36.7 Å². The Morgan fingerprint density at radius 2 is 2.10 bits per heavy atom. The van der Waals surface area contributed by atoms with Crippen LogP contribution < -0.4 is 0 Å². The minimum absolute atomic E-state index is 0.00395. The highest BCUT2D eigenvalue weighted by Crippen LogP contribution is 2.44. The smallest absolute Gasteiger partial charge is 0.308 e. The van der Waals surface area contributed by atoms with E-state index in [0.717, 1.165) is 18.4 Å². The molecule has 2 aliphatic carbocycles. The number of carbonyl (C=O) groups excluding carboxylic acids is 2. The molecule has 6 heteroatoms. The SMILES string of the molecule is CCC(C)C(=O)OC1CC=CC2=CC(O)C(C)C(CCC3CC(O)CC(=O)O3)C21. The molecule has 162 valence electrons. The van der Waals surface area contributed by atoms with Crippen LogP contribution in [0.2, 0.25) is 0 Å². The first kappa shape index (κ1) is 22.0. The molecule has 3 rings (SSSR count). The highest BCUT2D eigenvalue weighted by molar-refractivity contribution is 5.72. The number of carbonyl (C=O) groups is 2. The molecule has 6 nitrogen and oxygen atoms in total. The number of aliphatic hydroxyl groups is 2. The Labute approximate surface area is 173 Å². The third kappa shape index (κ3) is 5.10. The van der Waals surface area contributed by atoms with Crippen molar-refractivity contribution >= 4 is 11.9 Å². The van der Waals surface area contributed by atoms with Gasteiger partial charge in [-0.2, -0.15) is 0 Å². The lowest BCUT2D eigenvalue weighted by molar-refractivity contribution is -0.162. The Kier molecular flexibility index (Phi) is 7.17. The summed E-state index contributed by atoms with van der Waals surface area (Å²) in [7, 11) is 0. The summed E-state index contributed by atoms with van der Waals surface area (Å²) in [5.41, 5.74) is 1.02. The van der Waals surface area contributed by atoms with E-state index in [1.165, 1.54) is 0 Å². The average molecular weight is 407 g/mol. The van der Waals surface area contributed by atoms with Crippen LogP contribution in [0.25, 0.3) is 0 Å². The van der Waals surface area contributed by atoms with Gasteiger partial charge in [0.2, 0.25) is 0 Å². The molecule has 3 aliphatic rings. The molecular weight excluding hydrogens is 372 g/mol. The van der Waals surface area contributed by atoms with E-state index in [1.807, 2.05) is 39.0 Å². The summed E-state index contributed by atoms with van der Waals surface area (Å²) in [6.07, 6.45) is 7.46. The maximum absolute atomic E-state index is 12.4. The first-order chi connectivity index (χ1) is 13.8. The standard InChI is InChI=1S/C23H34O6/c1-4-13(2)23(27)29-20-7-5-6-15-10-19(25)14(3)18(22(15)20)9-8-17-11-16(24)12-21(26)28-17/h5-6,10,13-14,16-20,22,24-25H,4,7-9,11-12H2,1-3H3. The summed E-state index contributed by atoms with van der Waals surface area (Å²) < 4.78 is 11.3. The van der Waals surface area contributed by atoms with Crippen LogP contribution >= 0.6 is 0 Å². The van der Waals surface area contributed by atoms with Crippen molar-refractivity contribution in [3.63, 3.8) is 0 Å². The van der Waals surface area contributed by atoms with E-state index in [1.54, 1.807) is 0 Å². The van der Waals surface area contributed by atoms with Crippen LogP contribution in [0.1, 0.15) is 59.3 Å². The van der Waals surface area contributed by atoms with Crippen LogP contribution in [0.3, 0.4) is 0 Å². The van der Waals surface area contributed by atoms with Crippen LogP contribution in [-0.2, 0) is 19.1 Å². The zero-order chi connectivity index (χ0) is 21.1. The van der Waals surface area contributed by atoms with E-state index in [2.05, 4.69) is 0 Å². The van der Waals surface area contributed by atoms with E-state index in [4.69, 9.17) is 9.47 Å². The van der Waals surface area contributed by atoms with E-state index >= 15 is 0 Å². The van der Waals surface area contributed by atoms with Gasteiger partial charge in [0.25, 0.3) is 0 Å². The molecule has 0 amide bonds. The van der Waals surface area contributed by atoms with Crippen LogP contribution in [0.4, 0.5) is 0 Å². The summed E-state index contributed by atoms with van der Waals surface area (Å²) in [6, 6.07) is 0. The quantitative estimate of drug-likeness (QED) is 0.659. The van der Waals surface area contributed by atoms with E-state index < -0.39 is 12.2 Å². The Bertz CT molecular complexity index is 668. The van der Waals surface area contributed by atoms with Crippen molar-refractivity contribution in [1.82, 2.24) is 0 Å². The summed E-state index contributed by atoms with van der Waals surface area (Å²) in [5, 5.41) is 20.4. The molecule has 1 saturated heterocycles. The third-order valence-corrected chi connectivity index (χ3v) is 6.84. The van der Waals surface area contributed by atoms with Crippen molar-refractivity contribution < 1.29 is 29.3 Å². The van der Waals surface area contributed by atoms with E-state index in [-0.39, 0.29) is 54.2 Å². The molecule has 8 unspecified atom stereocenters. The number of aliphatic hydroxyl groups excluding tert-OH is 2. The highest BCUT2D eigenvalue weighted by atomic mass is 16.5. The summed E-state index contributed by atoms with van der Waals surface area (Å²) in [4.78, 5) is 24.1. The number of esters is 2. The second-order valence-electron chi connectivity index (χ2n) is 8.91. The molecule has 0 spiro atoms. The Morgan fingerprint density at radius 3 is 2.79 bits per heavy atom. The Morgan fingerprint density at radius 1 is 1.34 bits per heavy atom. The second kappa shape index (κ2) is 9.43. The molecule has 0 bridgehead atoms. The van der Waals surface area contributed by atoms with Crippen molar-refractivity contribution in [2.75, 3.05) is 0 Å². The molecule has 8 atom stereocenters. The number of rotatable bonds is 6. The van der Waals surface area contributed by atoms with Crippen LogP contribution in [0.5, 0.6) is 0 Å². The topological polar surface area (TPSA) is 93.1 Å². The minimum Gasteiger partial charge on any atom is -0.462 e. The lowest BCUT2D eigenvalue weighted by Crippen LogP contribution is -2.44. The predicted octanol–water partition coefficient (Wildman–Crippen LogP) is 2.92. The van der Waals surface area contributed by atoms with Crippen molar-refractivity contribution in [2.24, 2.45) is 23.7 Å². The number of hydrogen-bond donors (Lipinski definition) is 2. The molecule has 1 fully saturated rings. The van der Waals surface area contributed by atoms with Crippen molar-refractivity contribution in [2.45, 2.75) is 83.7 Å². The van der Waals surface area contributed by atoms with Gasteiger partial charge < -0.3 is 19.7 Å². The lowest BCUT2D eigenvalue weighted by Gasteiger charge is -2.44. The molecule has 0 aromatic rings. The van der Waals surface area contributed by atoms with Gasteiger partial charge in [0.05, 0.1) is 24.5 Å². The first-order valence-corrected chi connectivity index (χ1v) is 10.9. The Hall–Kier alpha value is -1.66. The fourth-order valence-electron chi connectivity index (χ4n) is 4.84. The third-order valence-electron chi connectivity index (χ3n) is 6.84. The van der Waals surface area contributed by atoms with E-state index in [0.29, 0.717) is 19.3 Å². The maximum atomic E-state index is 12.4. The van der Waals surface area contributed by atoms with Crippen LogP contribution in [0, 0.1) is 23.7 Å². The number of ether oxygens (including phenoxy) is 2.